The first-order valence-electron chi connectivity index (χ1n) is 11.2. The van der Waals surface area contributed by atoms with Crippen molar-refractivity contribution < 1.29 is 9.53 Å². The smallest absolute Gasteiger partial charge is 0.223 e. The molecule has 1 atom stereocenters. The quantitative estimate of drug-likeness (QED) is 0.519. The minimum atomic E-state index is 0.188. The highest BCUT2D eigenvalue weighted by Gasteiger charge is 2.41. The first kappa shape index (κ1) is 19.2. The molecule has 0 bridgehead atoms. The van der Waals surface area contributed by atoms with E-state index in [1.807, 2.05) is 18.2 Å². The van der Waals surface area contributed by atoms with Gasteiger partial charge < -0.3 is 14.2 Å². The van der Waals surface area contributed by atoms with E-state index in [1.54, 1.807) is 0 Å². The van der Waals surface area contributed by atoms with E-state index in [0.717, 1.165) is 61.4 Å². The summed E-state index contributed by atoms with van der Waals surface area (Å²) in [5.74, 6) is 2.46. The Morgan fingerprint density at radius 1 is 1.10 bits per heavy atom. The normalized spacial score (nSPS) is 19.0. The zero-order chi connectivity index (χ0) is 20.5. The number of imidazole rings is 1. The van der Waals surface area contributed by atoms with Gasteiger partial charge in [-0.1, -0.05) is 31.2 Å². The predicted molar refractivity (Wildman–Crippen MR) is 118 cm³/mol. The summed E-state index contributed by atoms with van der Waals surface area (Å²) in [5.41, 5.74) is 3.49. The van der Waals surface area contributed by atoms with Gasteiger partial charge in [0.2, 0.25) is 5.91 Å². The first-order valence-corrected chi connectivity index (χ1v) is 11.2. The molecule has 156 valence electrons. The molecule has 5 nitrogen and oxygen atoms in total. The average molecular weight is 404 g/mol. The molecule has 3 aromatic rings. The van der Waals surface area contributed by atoms with Gasteiger partial charge in [0, 0.05) is 31.5 Å². The Hall–Kier alpha value is -2.82. The van der Waals surface area contributed by atoms with Gasteiger partial charge in [0.25, 0.3) is 0 Å². The second-order valence-electron chi connectivity index (χ2n) is 8.49. The average Bonchev–Trinajstić information content (AvgIpc) is 3.45. The number of amides is 1. The summed E-state index contributed by atoms with van der Waals surface area (Å²) in [6, 6.07) is 17.1. The Morgan fingerprint density at radius 2 is 1.90 bits per heavy atom. The molecule has 0 N–H and O–H groups in total. The molecule has 5 heteroatoms. The fourth-order valence-corrected chi connectivity index (χ4v) is 4.52. The highest BCUT2D eigenvalue weighted by Crippen LogP contribution is 2.37. The maximum atomic E-state index is 12.5. The summed E-state index contributed by atoms with van der Waals surface area (Å²) in [6.45, 7) is 4.48. The van der Waals surface area contributed by atoms with Gasteiger partial charge in [-0.15, -0.1) is 0 Å². The third-order valence-electron chi connectivity index (χ3n) is 6.32. The van der Waals surface area contributed by atoms with Gasteiger partial charge in [-0.2, -0.15) is 0 Å². The largest absolute Gasteiger partial charge is 0.494 e. The van der Waals surface area contributed by atoms with Crippen LogP contribution >= 0.6 is 0 Å². The molecule has 1 aliphatic heterocycles. The van der Waals surface area contributed by atoms with E-state index in [9.17, 15) is 4.79 Å². The fraction of sp³-hybridized carbons (Fsp3) is 0.440. The number of benzene rings is 2. The molecule has 1 saturated heterocycles. The van der Waals surface area contributed by atoms with Gasteiger partial charge in [0.15, 0.2) is 0 Å². The molecule has 1 saturated carbocycles. The van der Waals surface area contributed by atoms with E-state index in [0.29, 0.717) is 25.0 Å². The number of rotatable bonds is 8. The fourth-order valence-electron chi connectivity index (χ4n) is 4.52. The van der Waals surface area contributed by atoms with Gasteiger partial charge in [-0.3, -0.25) is 4.79 Å². The van der Waals surface area contributed by atoms with Crippen LogP contribution in [0.1, 0.15) is 49.9 Å². The SMILES string of the molecule is CCc1ccc(OCCCn2c(C3CC(=O)N(C4CC4)C3)nc3ccccc32)cc1. The van der Waals surface area contributed by atoms with Crippen LogP contribution in [-0.2, 0) is 17.8 Å². The van der Waals surface area contributed by atoms with Gasteiger partial charge in [-0.25, -0.2) is 4.98 Å². The topological polar surface area (TPSA) is 47.4 Å². The van der Waals surface area contributed by atoms with E-state index in [4.69, 9.17) is 9.72 Å². The van der Waals surface area contributed by atoms with Gasteiger partial charge >= 0.3 is 0 Å². The second-order valence-corrected chi connectivity index (χ2v) is 8.49. The zero-order valence-electron chi connectivity index (χ0n) is 17.6. The summed E-state index contributed by atoms with van der Waals surface area (Å²) in [5, 5.41) is 0. The van der Waals surface area contributed by atoms with E-state index in [1.165, 1.54) is 5.56 Å². The molecule has 2 heterocycles. The number of likely N-dealkylation sites (tertiary alicyclic amines) is 1. The summed E-state index contributed by atoms with van der Waals surface area (Å²) >= 11 is 0. The number of carbonyl (C=O) groups excluding carboxylic acids is 1. The molecule has 1 aliphatic carbocycles. The number of fused-ring (bicyclic) bond motifs is 1. The number of ether oxygens (including phenoxy) is 1. The van der Waals surface area contributed by atoms with Crippen LogP contribution in [0.2, 0.25) is 0 Å². The number of nitrogens with zero attached hydrogens (tertiary/aromatic N) is 3. The Balaban J connectivity index is 1.29. The van der Waals surface area contributed by atoms with Crippen molar-refractivity contribution in [3.63, 3.8) is 0 Å². The number of aryl methyl sites for hydroxylation is 2. The van der Waals surface area contributed by atoms with Crippen molar-refractivity contribution >= 4 is 16.9 Å². The zero-order valence-corrected chi connectivity index (χ0v) is 17.6. The summed E-state index contributed by atoms with van der Waals surface area (Å²) in [7, 11) is 0. The highest BCUT2D eigenvalue weighted by molar-refractivity contribution is 5.81. The van der Waals surface area contributed by atoms with E-state index < -0.39 is 0 Å². The first-order chi connectivity index (χ1) is 14.7. The van der Waals surface area contributed by atoms with Gasteiger partial charge in [-0.05, 0) is 55.5 Å². The highest BCUT2D eigenvalue weighted by atomic mass is 16.5. The van der Waals surface area contributed by atoms with Crippen molar-refractivity contribution in [3.05, 3.63) is 59.9 Å². The lowest BCUT2D eigenvalue weighted by atomic mass is 10.1. The molecular formula is C25H29N3O2. The number of hydrogen-bond acceptors (Lipinski definition) is 3. The van der Waals surface area contributed by atoms with Crippen molar-refractivity contribution in [1.82, 2.24) is 14.5 Å². The van der Waals surface area contributed by atoms with Crippen LogP contribution < -0.4 is 4.74 Å². The molecule has 0 radical (unpaired) electrons. The Kier molecular flexibility index (Phi) is 5.19. The van der Waals surface area contributed by atoms with Crippen LogP contribution in [0.5, 0.6) is 5.75 Å². The molecule has 30 heavy (non-hydrogen) atoms. The summed E-state index contributed by atoms with van der Waals surface area (Å²) in [6.07, 6.45) is 4.84. The summed E-state index contributed by atoms with van der Waals surface area (Å²) < 4.78 is 8.27. The minimum Gasteiger partial charge on any atom is -0.494 e. The molecule has 0 spiro atoms. The van der Waals surface area contributed by atoms with Crippen molar-refractivity contribution in [1.29, 1.82) is 0 Å². The second kappa shape index (κ2) is 8.13. The van der Waals surface area contributed by atoms with Crippen molar-refractivity contribution in [2.24, 2.45) is 0 Å². The van der Waals surface area contributed by atoms with Crippen LogP contribution in [0.15, 0.2) is 48.5 Å². The molecule has 5 rings (SSSR count). The lowest BCUT2D eigenvalue weighted by Crippen LogP contribution is -2.27. The molecule has 2 aliphatic rings. The number of carbonyl (C=O) groups is 1. The van der Waals surface area contributed by atoms with Crippen molar-refractivity contribution in [2.75, 3.05) is 13.2 Å². The van der Waals surface area contributed by atoms with Crippen LogP contribution in [-0.4, -0.2) is 39.6 Å². The predicted octanol–water partition coefficient (Wildman–Crippen LogP) is 4.55. The van der Waals surface area contributed by atoms with Crippen LogP contribution in [0, 0.1) is 0 Å². The van der Waals surface area contributed by atoms with Crippen LogP contribution in [0.25, 0.3) is 11.0 Å². The van der Waals surface area contributed by atoms with Crippen molar-refractivity contribution in [3.8, 4) is 5.75 Å². The maximum absolute atomic E-state index is 12.5. The van der Waals surface area contributed by atoms with Crippen molar-refractivity contribution in [2.45, 2.75) is 57.5 Å². The van der Waals surface area contributed by atoms with Crippen LogP contribution in [0.4, 0.5) is 0 Å². The maximum Gasteiger partial charge on any atom is 0.223 e. The Bertz CT molecular complexity index is 1040. The van der Waals surface area contributed by atoms with E-state index in [2.05, 4.69) is 46.7 Å². The Morgan fingerprint density at radius 3 is 2.67 bits per heavy atom. The van der Waals surface area contributed by atoms with Crippen LogP contribution in [0.3, 0.4) is 0 Å². The van der Waals surface area contributed by atoms with Gasteiger partial charge in [0.05, 0.1) is 17.6 Å². The molecule has 2 aromatic carbocycles. The number of para-hydroxylation sites is 2. The molecule has 1 amide bonds. The molecule has 1 unspecified atom stereocenters. The molecule has 2 fully saturated rings. The summed E-state index contributed by atoms with van der Waals surface area (Å²) in [4.78, 5) is 19.5. The standard InChI is InChI=1S/C25H29N3O2/c1-2-18-8-12-21(13-9-18)30-15-5-14-27-23-7-4-3-6-22(23)26-25(27)19-16-24(29)28(17-19)20-10-11-20/h3-4,6-9,12-13,19-20H,2,5,10-11,14-17H2,1H3. The van der Waals surface area contributed by atoms with E-state index >= 15 is 0 Å². The molecule has 1 aromatic heterocycles. The third kappa shape index (κ3) is 3.81. The molecular weight excluding hydrogens is 374 g/mol. The number of hydrogen-bond donors (Lipinski definition) is 0. The Labute approximate surface area is 177 Å². The minimum absolute atomic E-state index is 0.188. The lowest BCUT2D eigenvalue weighted by Gasteiger charge is -2.16. The third-order valence-corrected chi connectivity index (χ3v) is 6.32. The monoisotopic (exact) mass is 403 g/mol. The van der Waals surface area contributed by atoms with Gasteiger partial charge in [0.1, 0.15) is 11.6 Å². The number of aromatic nitrogens is 2. The van der Waals surface area contributed by atoms with E-state index in [-0.39, 0.29) is 5.92 Å². The lowest BCUT2D eigenvalue weighted by molar-refractivity contribution is -0.128.